The van der Waals surface area contributed by atoms with Crippen molar-refractivity contribution in [2.45, 2.75) is 18.9 Å². The molecule has 1 aromatic carbocycles. The summed E-state index contributed by atoms with van der Waals surface area (Å²) in [6.07, 6.45) is 2.55. The van der Waals surface area contributed by atoms with Gasteiger partial charge in [0, 0.05) is 25.0 Å². The van der Waals surface area contributed by atoms with E-state index in [2.05, 4.69) is 26.6 Å². The summed E-state index contributed by atoms with van der Waals surface area (Å²) in [6, 6.07) is 7.69. The number of carboxylic acids is 1. The minimum Gasteiger partial charge on any atom is -0.480 e. The molecule has 24 heteroatoms. The Balaban J connectivity index is 1.35. The average Bonchev–Trinajstić information content (AvgIpc) is 3.61. The molecule has 0 saturated carbocycles. The Kier molecular flexibility index (Phi) is 31.6. The number of nitrogens with zero attached hydrogens (tertiary/aromatic N) is 1. The molecule has 0 aliphatic carbocycles. The van der Waals surface area contributed by atoms with E-state index >= 15 is 0 Å². The second-order valence-corrected chi connectivity index (χ2v) is 13.4. The number of nitrogens with one attached hydrogen (secondary N) is 5. The highest BCUT2D eigenvalue weighted by Gasteiger charge is 2.23. The van der Waals surface area contributed by atoms with Crippen molar-refractivity contribution < 1.29 is 86.1 Å². The number of aliphatic carboxylic acids is 1. The number of carbonyl (C=O) groups excluding carboxylic acids is 7. The van der Waals surface area contributed by atoms with Crippen LogP contribution < -0.4 is 26.6 Å². The highest BCUT2D eigenvalue weighted by molar-refractivity contribution is 6.12. The predicted molar refractivity (Wildman–Crippen MR) is 225 cm³/mol. The van der Waals surface area contributed by atoms with Crippen LogP contribution in [0, 0.1) is 0 Å². The molecule has 0 bridgehead atoms. The quantitative estimate of drug-likeness (QED) is 0.0213. The van der Waals surface area contributed by atoms with Crippen molar-refractivity contribution in [3.05, 3.63) is 48.0 Å². The molecule has 7 amide bonds. The number of hydrogen-bond acceptors (Lipinski definition) is 17. The fraction of sp³-hybridized carbons (Fsp3) is 0.610. The van der Waals surface area contributed by atoms with Gasteiger partial charge in [-0.25, -0.2) is 4.79 Å². The van der Waals surface area contributed by atoms with Crippen molar-refractivity contribution in [1.82, 2.24) is 31.5 Å². The van der Waals surface area contributed by atoms with Gasteiger partial charge in [0.2, 0.25) is 29.5 Å². The standard InChI is InChI=1S/C41H62N6O18/c48-34(42-27-35(49)43-29-37(51)46-33(26-32-4-2-1-3-5-32)41(56)44-28-36(50)45-31-65-30-40(54)55)8-10-57-12-14-59-16-18-61-20-22-63-24-25-64-23-21-62-19-17-60-15-13-58-11-9-47-38(52)6-7-39(47)53/h1-7,33H,8-31H2,(H,42,48)(H,43,49)(H,44,56)(H,45,50)(H,46,51)(H,54,55)/t33-/m1/s1. The Morgan fingerprint density at radius 3 is 1.45 bits per heavy atom. The number of imide groups is 1. The molecule has 24 nitrogen and oxygen atoms in total. The smallest absolute Gasteiger partial charge is 0.329 e. The first-order chi connectivity index (χ1) is 31.5. The van der Waals surface area contributed by atoms with Crippen LogP contribution in [0.25, 0.3) is 0 Å². The third-order valence-electron chi connectivity index (χ3n) is 8.28. The Morgan fingerprint density at radius 2 is 0.938 bits per heavy atom. The van der Waals surface area contributed by atoms with E-state index in [4.69, 9.17) is 47.7 Å². The van der Waals surface area contributed by atoms with Gasteiger partial charge in [-0.3, -0.25) is 38.5 Å². The van der Waals surface area contributed by atoms with E-state index in [1.807, 2.05) is 0 Å². The molecule has 1 aliphatic rings. The summed E-state index contributed by atoms with van der Waals surface area (Å²) < 4.78 is 48.1. The molecule has 0 fully saturated rings. The number of carboxylic acid groups (broad SMARTS) is 1. The molecule has 1 heterocycles. The summed E-state index contributed by atoms with van der Waals surface area (Å²) in [5.74, 6) is -4.96. The van der Waals surface area contributed by atoms with Crippen molar-refractivity contribution in [3.8, 4) is 0 Å². The maximum absolute atomic E-state index is 12.9. The maximum Gasteiger partial charge on any atom is 0.329 e. The van der Waals surface area contributed by atoms with Crippen LogP contribution in [-0.4, -0.2) is 209 Å². The molecule has 1 aliphatic heterocycles. The number of rotatable bonds is 41. The Labute approximate surface area is 376 Å². The minimum absolute atomic E-state index is 0.0101. The van der Waals surface area contributed by atoms with Crippen LogP contribution in [0.1, 0.15) is 12.0 Å². The van der Waals surface area contributed by atoms with Crippen LogP contribution in [0.2, 0.25) is 0 Å². The molecule has 1 atom stereocenters. The van der Waals surface area contributed by atoms with Gasteiger partial charge in [0.1, 0.15) is 19.4 Å². The summed E-state index contributed by atoms with van der Waals surface area (Å²) in [6.45, 7) is 3.43. The van der Waals surface area contributed by atoms with Crippen molar-refractivity contribution in [2.24, 2.45) is 0 Å². The number of carbonyl (C=O) groups is 8. The van der Waals surface area contributed by atoms with E-state index in [9.17, 15) is 38.4 Å². The van der Waals surface area contributed by atoms with E-state index < -0.39 is 67.8 Å². The lowest BCUT2D eigenvalue weighted by Crippen LogP contribution is -2.52. The first-order valence-electron chi connectivity index (χ1n) is 20.9. The highest BCUT2D eigenvalue weighted by Crippen LogP contribution is 2.04. The van der Waals surface area contributed by atoms with Crippen molar-refractivity contribution in [2.75, 3.05) is 145 Å². The lowest BCUT2D eigenvalue weighted by atomic mass is 10.1. The minimum atomic E-state index is -1.21. The van der Waals surface area contributed by atoms with Gasteiger partial charge in [-0.15, -0.1) is 0 Å². The van der Waals surface area contributed by atoms with E-state index in [1.165, 1.54) is 12.2 Å². The molecule has 0 aromatic heterocycles. The molecule has 1 aromatic rings. The number of ether oxygens (including phenoxy) is 9. The summed E-state index contributed by atoms with van der Waals surface area (Å²) in [5, 5.41) is 20.6. The molecule has 2 rings (SSSR count). The van der Waals surface area contributed by atoms with Crippen LogP contribution in [-0.2, 0) is 87.4 Å². The third kappa shape index (κ3) is 30.4. The van der Waals surface area contributed by atoms with Crippen molar-refractivity contribution >= 4 is 47.3 Å². The normalized spacial score (nSPS) is 12.5. The first-order valence-corrected chi connectivity index (χ1v) is 20.9. The van der Waals surface area contributed by atoms with Gasteiger partial charge in [-0.1, -0.05) is 30.3 Å². The number of hydrogen-bond donors (Lipinski definition) is 6. The van der Waals surface area contributed by atoms with Gasteiger partial charge < -0.3 is 74.3 Å². The third-order valence-corrected chi connectivity index (χ3v) is 8.28. The zero-order valence-electron chi connectivity index (χ0n) is 36.4. The van der Waals surface area contributed by atoms with Gasteiger partial charge in [-0.05, 0) is 5.56 Å². The van der Waals surface area contributed by atoms with Gasteiger partial charge >= 0.3 is 5.97 Å². The van der Waals surface area contributed by atoms with Gasteiger partial charge in [0.25, 0.3) is 11.8 Å². The molecule has 0 unspecified atom stereocenters. The highest BCUT2D eigenvalue weighted by atomic mass is 16.6. The lowest BCUT2D eigenvalue weighted by Gasteiger charge is -2.19. The molecule has 0 radical (unpaired) electrons. The topological polar surface area (TPSA) is 303 Å². The summed E-state index contributed by atoms with van der Waals surface area (Å²) in [5.41, 5.74) is 0.719. The predicted octanol–water partition coefficient (Wildman–Crippen LogP) is -3.31. The zero-order valence-corrected chi connectivity index (χ0v) is 36.4. The molecule has 6 N–H and O–H groups in total. The number of amides is 7. The average molecular weight is 927 g/mol. The Hall–Kier alpha value is -5.44. The largest absolute Gasteiger partial charge is 0.480 e. The van der Waals surface area contributed by atoms with E-state index in [0.29, 0.717) is 79.3 Å². The second-order valence-electron chi connectivity index (χ2n) is 13.4. The second kappa shape index (κ2) is 36.9. The van der Waals surface area contributed by atoms with E-state index in [0.717, 1.165) is 10.5 Å². The van der Waals surface area contributed by atoms with Crippen LogP contribution in [0.3, 0.4) is 0 Å². The SMILES string of the molecule is O=C(O)COCNC(=O)CNC(=O)[C@@H](Cc1ccccc1)NC(=O)CNC(=O)CNC(=O)CCOCCOCCOCCOCCOCCOCCOCCOCCN1C(=O)C=CC1=O. The van der Waals surface area contributed by atoms with Gasteiger partial charge in [0.05, 0.1) is 132 Å². The maximum atomic E-state index is 12.9. The van der Waals surface area contributed by atoms with Crippen molar-refractivity contribution in [3.63, 3.8) is 0 Å². The van der Waals surface area contributed by atoms with Crippen LogP contribution >= 0.6 is 0 Å². The molecule has 0 saturated heterocycles. The fourth-order valence-electron chi connectivity index (χ4n) is 5.05. The summed E-state index contributed by atoms with van der Waals surface area (Å²) in [7, 11) is 0. The lowest BCUT2D eigenvalue weighted by molar-refractivity contribution is -0.143. The molecule has 0 spiro atoms. The zero-order chi connectivity index (χ0) is 47.2. The van der Waals surface area contributed by atoms with E-state index in [1.54, 1.807) is 30.3 Å². The summed E-state index contributed by atoms with van der Waals surface area (Å²) in [4.78, 5) is 96.3. The first kappa shape index (κ1) is 55.7. The van der Waals surface area contributed by atoms with Crippen LogP contribution in [0.4, 0.5) is 0 Å². The number of benzene rings is 1. The van der Waals surface area contributed by atoms with Crippen molar-refractivity contribution in [1.29, 1.82) is 0 Å². The van der Waals surface area contributed by atoms with Crippen LogP contribution in [0.5, 0.6) is 0 Å². The van der Waals surface area contributed by atoms with Gasteiger partial charge in [0.15, 0.2) is 0 Å². The molecular formula is C41H62N6O18. The van der Waals surface area contributed by atoms with Crippen LogP contribution in [0.15, 0.2) is 42.5 Å². The van der Waals surface area contributed by atoms with E-state index in [-0.39, 0.29) is 64.4 Å². The van der Waals surface area contributed by atoms with Gasteiger partial charge in [-0.2, -0.15) is 0 Å². The fourth-order valence-corrected chi connectivity index (χ4v) is 5.05. The summed E-state index contributed by atoms with van der Waals surface area (Å²) >= 11 is 0. The molecule has 65 heavy (non-hydrogen) atoms. The Bertz CT molecular complexity index is 1590. The molecular weight excluding hydrogens is 864 g/mol. The Morgan fingerprint density at radius 1 is 0.508 bits per heavy atom. The monoisotopic (exact) mass is 926 g/mol. The molecule has 364 valence electrons.